The Labute approximate surface area is 136 Å². The number of ether oxygens (including phenoxy) is 1. The van der Waals surface area contributed by atoms with E-state index in [-0.39, 0.29) is 11.7 Å². The monoisotopic (exact) mass is 371 g/mol. The van der Waals surface area contributed by atoms with E-state index in [1.54, 1.807) is 6.92 Å². The lowest BCUT2D eigenvalue weighted by atomic mass is 9.86. The summed E-state index contributed by atoms with van der Waals surface area (Å²) in [6.07, 6.45) is 6.06. The summed E-state index contributed by atoms with van der Waals surface area (Å²) < 4.78 is 5.69. The third-order valence-corrected chi connectivity index (χ3v) is 4.55. The average Bonchev–Trinajstić information content (AvgIpc) is 2.96. The van der Waals surface area contributed by atoms with Gasteiger partial charge in [0.1, 0.15) is 11.9 Å². The van der Waals surface area contributed by atoms with Crippen molar-refractivity contribution in [3.63, 3.8) is 0 Å². The standard InChI is InChI=1S/C14H18BrN3O4/c1-2-22-13(19)14(5-3-4-6-14)9-17-12-10(15)7-16-8-11(12)18(20)21/h7-8H,2-6,9H2,1H3,(H,16,17). The van der Waals surface area contributed by atoms with Crippen LogP contribution in [0.15, 0.2) is 16.9 Å². The van der Waals surface area contributed by atoms with Crippen molar-refractivity contribution in [1.82, 2.24) is 4.98 Å². The molecule has 1 N–H and O–H groups in total. The zero-order valence-corrected chi connectivity index (χ0v) is 13.9. The Balaban J connectivity index is 2.20. The predicted octanol–water partition coefficient (Wildman–Crippen LogP) is 3.29. The molecule has 1 aliphatic carbocycles. The van der Waals surface area contributed by atoms with Gasteiger partial charge >= 0.3 is 11.7 Å². The molecule has 1 fully saturated rings. The molecule has 0 saturated heterocycles. The molecule has 2 rings (SSSR count). The molecular formula is C14H18BrN3O4. The number of nitro groups is 1. The van der Waals surface area contributed by atoms with Crippen molar-refractivity contribution in [1.29, 1.82) is 0 Å². The van der Waals surface area contributed by atoms with Crippen LogP contribution in [-0.2, 0) is 9.53 Å². The van der Waals surface area contributed by atoms with Crippen LogP contribution >= 0.6 is 15.9 Å². The lowest BCUT2D eigenvalue weighted by Gasteiger charge is -2.27. The van der Waals surface area contributed by atoms with Crippen LogP contribution in [0.4, 0.5) is 11.4 Å². The van der Waals surface area contributed by atoms with E-state index < -0.39 is 10.3 Å². The minimum Gasteiger partial charge on any atom is -0.466 e. The number of hydrogen-bond acceptors (Lipinski definition) is 6. The third-order valence-electron chi connectivity index (χ3n) is 3.95. The zero-order valence-electron chi connectivity index (χ0n) is 12.3. The van der Waals surface area contributed by atoms with Crippen LogP contribution < -0.4 is 5.32 Å². The van der Waals surface area contributed by atoms with Gasteiger partial charge in [0.25, 0.3) is 0 Å². The SMILES string of the molecule is CCOC(=O)C1(CNc2c(Br)cncc2[N+](=O)[O-])CCCC1. The fourth-order valence-electron chi connectivity index (χ4n) is 2.78. The molecule has 0 radical (unpaired) electrons. The molecule has 1 saturated carbocycles. The summed E-state index contributed by atoms with van der Waals surface area (Å²) in [5, 5.41) is 14.2. The zero-order chi connectivity index (χ0) is 16.2. The quantitative estimate of drug-likeness (QED) is 0.468. The minimum atomic E-state index is -0.605. The third kappa shape index (κ3) is 3.37. The van der Waals surface area contributed by atoms with Crippen LogP contribution in [0.3, 0.4) is 0 Å². The number of nitrogens with zero attached hydrogens (tertiary/aromatic N) is 2. The maximum Gasteiger partial charge on any atom is 0.313 e. The molecular weight excluding hydrogens is 354 g/mol. The van der Waals surface area contributed by atoms with Crippen LogP contribution in [0.2, 0.25) is 0 Å². The van der Waals surface area contributed by atoms with Gasteiger partial charge in [0.2, 0.25) is 0 Å². The second kappa shape index (κ2) is 7.04. The first kappa shape index (κ1) is 16.7. The Kier molecular flexibility index (Phi) is 5.33. The van der Waals surface area contributed by atoms with E-state index in [0.717, 1.165) is 25.7 Å². The van der Waals surface area contributed by atoms with Gasteiger partial charge in [0.05, 0.1) is 21.4 Å². The summed E-state index contributed by atoms with van der Waals surface area (Å²) in [6, 6.07) is 0. The molecule has 22 heavy (non-hydrogen) atoms. The largest absolute Gasteiger partial charge is 0.466 e. The number of anilines is 1. The molecule has 1 aromatic heterocycles. The number of esters is 1. The van der Waals surface area contributed by atoms with Gasteiger partial charge < -0.3 is 10.1 Å². The fourth-order valence-corrected chi connectivity index (χ4v) is 3.25. The van der Waals surface area contributed by atoms with Gasteiger partial charge in [0, 0.05) is 12.7 Å². The fraction of sp³-hybridized carbons (Fsp3) is 0.571. The molecule has 0 bridgehead atoms. The van der Waals surface area contributed by atoms with E-state index in [0.29, 0.717) is 23.3 Å². The summed E-state index contributed by atoms with van der Waals surface area (Å²) in [5.41, 5.74) is -0.381. The number of carbonyl (C=O) groups is 1. The van der Waals surface area contributed by atoms with E-state index in [9.17, 15) is 14.9 Å². The number of carbonyl (C=O) groups excluding carboxylic acids is 1. The Bertz CT molecular complexity index is 573. The van der Waals surface area contributed by atoms with Gasteiger partial charge in [-0.3, -0.25) is 19.9 Å². The smallest absolute Gasteiger partial charge is 0.313 e. The van der Waals surface area contributed by atoms with Crippen LogP contribution in [0.5, 0.6) is 0 Å². The molecule has 0 atom stereocenters. The summed E-state index contributed by atoms with van der Waals surface area (Å²) in [4.78, 5) is 26.7. The van der Waals surface area contributed by atoms with Crippen LogP contribution in [0.1, 0.15) is 32.6 Å². The van der Waals surface area contributed by atoms with Crippen LogP contribution in [0, 0.1) is 15.5 Å². The predicted molar refractivity (Wildman–Crippen MR) is 84.6 cm³/mol. The maximum atomic E-state index is 12.3. The first-order chi connectivity index (χ1) is 10.5. The lowest BCUT2D eigenvalue weighted by Crippen LogP contribution is -2.37. The van der Waals surface area contributed by atoms with Gasteiger partial charge in [-0.15, -0.1) is 0 Å². The molecule has 0 aliphatic heterocycles. The Hall–Kier alpha value is -1.70. The van der Waals surface area contributed by atoms with Crippen molar-refractivity contribution < 1.29 is 14.5 Å². The molecule has 1 heterocycles. The minimum absolute atomic E-state index is 0.119. The molecule has 0 spiro atoms. The van der Waals surface area contributed by atoms with Gasteiger partial charge in [-0.05, 0) is 35.7 Å². The number of pyridine rings is 1. The lowest BCUT2D eigenvalue weighted by molar-refractivity contribution is -0.384. The van der Waals surface area contributed by atoms with Crippen molar-refractivity contribution in [2.75, 3.05) is 18.5 Å². The van der Waals surface area contributed by atoms with Crippen LogP contribution in [-0.4, -0.2) is 29.0 Å². The number of hydrogen-bond donors (Lipinski definition) is 1. The Morgan fingerprint density at radius 1 is 1.50 bits per heavy atom. The second-order valence-electron chi connectivity index (χ2n) is 5.33. The molecule has 8 heteroatoms. The normalized spacial score (nSPS) is 16.3. The molecule has 120 valence electrons. The Morgan fingerprint density at radius 3 is 2.77 bits per heavy atom. The average molecular weight is 372 g/mol. The molecule has 0 aromatic carbocycles. The van der Waals surface area contributed by atoms with E-state index >= 15 is 0 Å². The highest BCUT2D eigenvalue weighted by molar-refractivity contribution is 9.10. The van der Waals surface area contributed by atoms with Gasteiger partial charge in [0.15, 0.2) is 0 Å². The number of rotatable bonds is 6. The van der Waals surface area contributed by atoms with Crippen molar-refractivity contribution >= 4 is 33.3 Å². The highest BCUT2D eigenvalue weighted by atomic mass is 79.9. The highest BCUT2D eigenvalue weighted by Crippen LogP contribution is 2.41. The molecule has 7 nitrogen and oxygen atoms in total. The van der Waals surface area contributed by atoms with E-state index in [1.807, 2.05) is 0 Å². The van der Waals surface area contributed by atoms with Crippen molar-refractivity contribution in [2.45, 2.75) is 32.6 Å². The summed E-state index contributed by atoms with van der Waals surface area (Å²) >= 11 is 3.26. The number of halogens is 1. The number of aromatic nitrogens is 1. The summed E-state index contributed by atoms with van der Waals surface area (Å²) in [5.74, 6) is -0.229. The molecule has 0 amide bonds. The van der Waals surface area contributed by atoms with Crippen molar-refractivity contribution in [2.24, 2.45) is 5.41 Å². The molecule has 1 aliphatic rings. The van der Waals surface area contributed by atoms with Crippen molar-refractivity contribution in [3.05, 3.63) is 27.0 Å². The van der Waals surface area contributed by atoms with Crippen LogP contribution in [0.25, 0.3) is 0 Å². The maximum absolute atomic E-state index is 12.3. The van der Waals surface area contributed by atoms with Crippen molar-refractivity contribution in [3.8, 4) is 0 Å². The summed E-state index contributed by atoms with van der Waals surface area (Å²) in [6.45, 7) is 2.42. The van der Waals surface area contributed by atoms with E-state index in [4.69, 9.17) is 4.74 Å². The van der Waals surface area contributed by atoms with Gasteiger partial charge in [-0.25, -0.2) is 0 Å². The Morgan fingerprint density at radius 2 is 2.18 bits per heavy atom. The van der Waals surface area contributed by atoms with E-state index in [2.05, 4.69) is 26.2 Å². The summed E-state index contributed by atoms with van der Waals surface area (Å²) in [7, 11) is 0. The highest BCUT2D eigenvalue weighted by Gasteiger charge is 2.42. The first-order valence-corrected chi connectivity index (χ1v) is 7.98. The van der Waals surface area contributed by atoms with Gasteiger partial charge in [-0.1, -0.05) is 12.8 Å². The molecule has 0 unspecified atom stereocenters. The first-order valence-electron chi connectivity index (χ1n) is 7.19. The van der Waals surface area contributed by atoms with E-state index in [1.165, 1.54) is 12.4 Å². The van der Waals surface area contributed by atoms with Gasteiger partial charge in [-0.2, -0.15) is 0 Å². The topological polar surface area (TPSA) is 94.4 Å². The second-order valence-corrected chi connectivity index (χ2v) is 6.19. The number of nitrogens with one attached hydrogen (secondary N) is 1. The molecule has 1 aromatic rings.